The van der Waals surface area contributed by atoms with Crippen LogP contribution in [0.4, 0.5) is 0 Å². The maximum absolute atomic E-state index is 12.3. The zero-order valence-corrected chi connectivity index (χ0v) is 14.4. The van der Waals surface area contributed by atoms with Crippen LogP contribution in [0.25, 0.3) is 0 Å². The van der Waals surface area contributed by atoms with Gasteiger partial charge < -0.3 is 10.6 Å². The number of carbonyl (C=O) groups is 3. The monoisotopic (exact) mass is 351 g/mol. The van der Waals surface area contributed by atoms with Crippen molar-refractivity contribution in [3.05, 3.63) is 34.9 Å². The molecular formula is C17H22ClN3O3. The van der Waals surface area contributed by atoms with E-state index >= 15 is 0 Å². The average Bonchev–Trinajstić information content (AvgIpc) is 3.11. The molecule has 1 atom stereocenters. The minimum atomic E-state index is -0.389. The Morgan fingerprint density at radius 3 is 2.75 bits per heavy atom. The normalized spacial score (nSPS) is 19.2. The quantitative estimate of drug-likeness (QED) is 0.779. The van der Waals surface area contributed by atoms with Crippen LogP contribution in [0.15, 0.2) is 18.2 Å². The highest BCUT2D eigenvalue weighted by molar-refractivity contribution is 6.22. The third-order valence-corrected chi connectivity index (χ3v) is 4.47. The minimum Gasteiger partial charge on any atom is -0.355 e. The first-order valence-corrected chi connectivity index (χ1v) is 8.00. The van der Waals surface area contributed by atoms with E-state index in [0.29, 0.717) is 23.6 Å². The van der Waals surface area contributed by atoms with Crippen molar-refractivity contribution in [2.24, 2.45) is 5.92 Å². The fourth-order valence-electron chi connectivity index (χ4n) is 3.12. The highest BCUT2D eigenvalue weighted by atomic mass is 35.5. The van der Waals surface area contributed by atoms with Gasteiger partial charge >= 0.3 is 0 Å². The first-order chi connectivity index (χ1) is 11.1. The van der Waals surface area contributed by atoms with Gasteiger partial charge in [0.15, 0.2) is 0 Å². The first-order valence-electron chi connectivity index (χ1n) is 8.00. The summed E-state index contributed by atoms with van der Waals surface area (Å²) in [5.41, 5.74) is 1.69. The molecule has 3 amide bonds. The molecule has 24 heavy (non-hydrogen) atoms. The van der Waals surface area contributed by atoms with Crippen LogP contribution in [-0.2, 0) is 4.79 Å². The summed E-state index contributed by atoms with van der Waals surface area (Å²) < 4.78 is 0. The molecule has 1 aromatic carbocycles. The van der Waals surface area contributed by atoms with Gasteiger partial charge in [0.25, 0.3) is 11.8 Å². The van der Waals surface area contributed by atoms with Gasteiger partial charge in [0, 0.05) is 6.54 Å². The van der Waals surface area contributed by atoms with Gasteiger partial charge in [-0.2, -0.15) is 0 Å². The van der Waals surface area contributed by atoms with Crippen molar-refractivity contribution in [2.75, 3.05) is 26.2 Å². The van der Waals surface area contributed by atoms with Crippen LogP contribution in [-0.4, -0.2) is 48.8 Å². The summed E-state index contributed by atoms with van der Waals surface area (Å²) in [5.74, 6) is -0.469. The van der Waals surface area contributed by atoms with E-state index < -0.39 is 0 Å². The Morgan fingerprint density at radius 2 is 2.04 bits per heavy atom. The maximum atomic E-state index is 12.3. The third-order valence-electron chi connectivity index (χ3n) is 4.47. The fourth-order valence-corrected chi connectivity index (χ4v) is 3.12. The van der Waals surface area contributed by atoms with Crippen molar-refractivity contribution in [1.82, 2.24) is 15.5 Å². The number of fused-ring (bicyclic) bond motifs is 1. The number of amides is 3. The van der Waals surface area contributed by atoms with Crippen molar-refractivity contribution >= 4 is 30.1 Å². The Hall–Kier alpha value is -1.92. The molecule has 1 aromatic rings. The molecule has 0 aromatic heterocycles. The van der Waals surface area contributed by atoms with Gasteiger partial charge in [0.2, 0.25) is 5.91 Å². The number of nitrogens with one attached hydrogen (secondary N) is 2. The Balaban J connectivity index is 0.00000208. The number of rotatable bonds is 5. The molecule has 1 saturated heterocycles. The summed E-state index contributed by atoms with van der Waals surface area (Å²) in [6.07, 6.45) is 2.05. The lowest BCUT2D eigenvalue weighted by atomic mass is 10.1. The van der Waals surface area contributed by atoms with Crippen LogP contribution in [0.2, 0.25) is 0 Å². The van der Waals surface area contributed by atoms with Crippen molar-refractivity contribution in [3.63, 3.8) is 0 Å². The second kappa shape index (κ2) is 7.77. The summed E-state index contributed by atoms with van der Waals surface area (Å²) in [6, 6.07) is 5.14. The molecule has 2 N–H and O–H groups in total. The van der Waals surface area contributed by atoms with Crippen LogP contribution in [0.1, 0.15) is 39.1 Å². The number of hydrogen-bond donors (Lipinski definition) is 2. The Labute approximate surface area is 147 Å². The smallest absolute Gasteiger partial charge is 0.262 e. The number of benzene rings is 1. The van der Waals surface area contributed by atoms with E-state index in [-0.39, 0.29) is 36.7 Å². The zero-order valence-electron chi connectivity index (χ0n) is 13.6. The second-order valence-electron chi connectivity index (χ2n) is 6.24. The molecule has 6 nitrogen and oxygen atoms in total. The van der Waals surface area contributed by atoms with Gasteiger partial charge in [-0.05, 0) is 50.9 Å². The lowest BCUT2D eigenvalue weighted by Gasteiger charge is -2.14. The van der Waals surface area contributed by atoms with Crippen LogP contribution in [0.5, 0.6) is 0 Å². The molecule has 1 unspecified atom stereocenters. The van der Waals surface area contributed by atoms with E-state index in [9.17, 15) is 14.4 Å². The van der Waals surface area contributed by atoms with E-state index in [0.717, 1.165) is 36.4 Å². The molecular weight excluding hydrogens is 330 g/mol. The number of carbonyl (C=O) groups excluding carboxylic acids is 3. The SMILES string of the molecule is Cc1ccc2c(c1)C(=O)N(CC(=O)NCCC1CCNC1)C2=O.Cl. The molecule has 0 aliphatic carbocycles. The topological polar surface area (TPSA) is 78.5 Å². The van der Waals surface area contributed by atoms with Crippen molar-refractivity contribution in [1.29, 1.82) is 0 Å². The zero-order chi connectivity index (χ0) is 16.4. The van der Waals surface area contributed by atoms with Gasteiger partial charge in [0.1, 0.15) is 6.54 Å². The second-order valence-corrected chi connectivity index (χ2v) is 6.24. The minimum absolute atomic E-state index is 0. The van der Waals surface area contributed by atoms with Crippen LogP contribution in [0.3, 0.4) is 0 Å². The van der Waals surface area contributed by atoms with E-state index in [2.05, 4.69) is 10.6 Å². The summed E-state index contributed by atoms with van der Waals surface area (Å²) in [7, 11) is 0. The van der Waals surface area contributed by atoms with E-state index in [1.807, 2.05) is 6.92 Å². The van der Waals surface area contributed by atoms with Crippen molar-refractivity contribution in [3.8, 4) is 0 Å². The van der Waals surface area contributed by atoms with Gasteiger partial charge in [0.05, 0.1) is 11.1 Å². The van der Waals surface area contributed by atoms with Gasteiger partial charge in [-0.3, -0.25) is 19.3 Å². The molecule has 2 aliphatic rings. The summed E-state index contributed by atoms with van der Waals surface area (Å²) in [4.78, 5) is 37.6. The molecule has 3 rings (SSSR count). The average molecular weight is 352 g/mol. The lowest BCUT2D eigenvalue weighted by molar-refractivity contribution is -0.121. The Kier molecular flexibility index (Phi) is 5.96. The molecule has 0 radical (unpaired) electrons. The van der Waals surface area contributed by atoms with Crippen molar-refractivity contribution in [2.45, 2.75) is 19.8 Å². The highest BCUT2D eigenvalue weighted by Crippen LogP contribution is 2.23. The van der Waals surface area contributed by atoms with Crippen molar-refractivity contribution < 1.29 is 14.4 Å². The summed E-state index contributed by atoms with van der Waals surface area (Å²) >= 11 is 0. The summed E-state index contributed by atoms with van der Waals surface area (Å²) in [5, 5.41) is 6.09. The fraction of sp³-hybridized carbons (Fsp3) is 0.471. The number of hydrogen-bond acceptors (Lipinski definition) is 4. The molecule has 2 heterocycles. The number of halogens is 1. The van der Waals surface area contributed by atoms with Crippen LogP contribution < -0.4 is 10.6 Å². The van der Waals surface area contributed by atoms with Crippen LogP contribution in [0, 0.1) is 12.8 Å². The maximum Gasteiger partial charge on any atom is 0.262 e. The predicted octanol–water partition coefficient (Wildman–Crippen LogP) is 1.13. The number of aryl methyl sites for hydroxylation is 1. The number of imide groups is 1. The van der Waals surface area contributed by atoms with Gasteiger partial charge in [-0.15, -0.1) is 12.4 Å². The molecule has 0 bridgehead atoms. The Bertz CT molecular complexity index is 656. The Morgan fingerprint density at radius 1 is 1.29 bits per heavy atom. The molecule has 130 valence electrons. The van der Waals surface area contributed by atoms with E-state index in [4.69, 9.17) is 0 Å². The molecule has 1 fully saturated rings. The van der Waals surface area contributed by atoms with E-state index in [1.165, 1.54) is 0 Å². The first kappa shape index (κ1) is 18.4. The highest BCUT2D eigenvalue weighted by Gasteiger charge is 2.36. The van der Waals surface area contributed by atoms with Crippen LogP contribution >= 0.6 is 12.4 Å². The molecule has 7 heteroatoms. The third kappa shape index (κ3) is 3.76. The standard InChI is InChI=1S/C17H21N3O3.ClH/c1-11-2-3-13-14(8-11)17(23)20(16(13)22)10-15(21)19-7-5-12-4-6-18-9-12;/h2-3,8,12,18H,4-7,9-10H2,1H3,(H,19,21);1H. The largest absolute Gasteiger partial charge is 0.355 e. The summed E-state index contributed by atoms with van der Waals surface area (Å²) in [6.45, 7) is 4.26. The lowest BCUT2D eigenvalue weighted by Crippen LogP contribution is -2.40. The van der Waals surface area contributed by atoms with Gasteiger partial charge in [-0.1, -0.05) is 11.6 Å². The predicted molar refractivity (Wildman–Crippen MR) is 92.4 cm³/mol. The molecule has 0 spiro atoms. The van der Waals surface area contributed by atoms with E-state index in [1.54, 1.807) is 18.2 Å². The number of nitrogens with zero attached hydrogens (tertiary/aromatic N) is 1. The van der Waals surface area contributed by atoms with Gasteiger partial charge in [-0.25, -0.2) is 0 Å². The molecule has 0 saturated carbocycles. The molecule has 2 aliphatic heterocycles.